The van der Waals surface area contributed by atoms with E-state index in [2.05, 4.69) is 10.6 Å². The Labute approximate surface area is 150 Å². The van der Waals surface area contributed by atoms with Gasteiger partial charge in [-0.2, -0.15) is 0 Å². The molecule has 0 fully saturated rings. The van der Waals surface area contributed by atoms with E-state index in [4.69, 9.17) is 11.6 Å². The average molecular weight is 351 g/mol. The van der Waals surface area contributed by atoms with E-state index in [9.17, 15) is 9.59 Å². The van der Waals surface area contributed by atoms with Crippen molar-refractivity contribution >= 4 is 34.8 Å². The summed E-state index contributed by atoms with van der Waals surface area (Å²) in [4.78, 5) is 24.9. The number of carbonyl (C=O) groups is 2. The largest absolute Gasteiger partial charge is 0.322 e. The standard InChI is InChI=1S/C20H15ClN2O2/c21-15-11-12-18(23-19(24)14-7-3-1-4-8-14)17(13-15)20(25)22-16-9-5-2-6-10-16/h1-13H,(H,22,25)(H,23,24). The molecular formula is C20H15ClN2O2. The van der Waals surface area contributed by atoms with Crippen molar-refractivity contribution in [2.45, 2.75) is 0 Å². The van der Waals surface area contributed by atoms with E-state index in [1.54, 1.807) is 48.5 Å². The number of anilines is 2. The minimum Gasteiger partial charge on any atom is -0.322 e. The lowest BCUT2D eigenvalue weighted by Crippen LogP contribution is -2.18. The van der Waals surface area contributed by atoms with Crippen LogP contribution in [-0.4, -0.2) is 11.8 Å². The van der Waals surface area contributed by atoms with Gasteiger partial charge in [0.1, 0.15) is 0 Å². The van der Waals surface area contributed by atoms with Crippen LogP contribution in [0.15, 0.2) is 78.9 Å². The molecule has 4 nitrogen and oxygen atoms in total. The Morgan fingerprint density at radius 3 is 2.04 bits per heavy atom. The number of para-hydroxylation sites is 1. The van der Waals surface area contributed by atoms with Crippen LogP contribution in [0.25, 0.3) is 0 Å². The Morgan fingerprint density at radius 2 is 1.36 bits per heavy atom. The summed E-state index contributed by atoms with van der Waals surface area (Å²) in [5.41, 5.74) is 1.85. The molecule has 2 N–H and O–H groups in total. The Bertz CT molecular complexity index is 896. The summed E-state index contributed by atoms with van der Waals surface area (Å²) in [6.45, 7) is 0. The Kier molecular flexibility index (Phi) is 5.11. The van der Waals surface area contributed by atoms with Gasteiger partial charge in [0, 0.05) is 16.3 Å². The maximum absolute atomic E-state index is 12.6. The molecule has 124 valence electrons. The third-order valence-electron chi connectivity index (χ3n) is 3.54. The van der Waals surface area contributed by atoms with Crippen LogP contribution in [0.5, 0.6) is 0 Å². The van der Waals surface area contributed by atoms with Gasteiger partial charge in [-0.1, -0.05) is 48.0 Å². The summed E-state index contributed by atoms with van der Waals surface area (Å²) in [5, 5.41) is 5.97. The summed E-state index contributed by atoms with van der Waals surface area (Å²) in [6, 6.07) is 22.6. The van der Waals surface area contributed by atoms with Crippen LogP contribution in [-0.2, 0) is 0 Å². The predicted molar refractivity (Wildman–Crippen MR) is 100 cm³/mol. The lowest BCUT2D eigenvalue weighted by molar-refractivity contribution is 0.102. The summed E-state index contributed by atoms with van der Waals surface area (Å²) in [7, 11) is 0. The van der Waals surface area contributed by atoms with Gasteiger partial charge in [0.2, 0.25) is 0 Å². The Morgan fingerprint density at radius 1 is 0.720 bits per heavy atom. The smallest absolute Gasteiger partial charge is 0.257 e. The SMILES string of the molecule is O=C(Nc1ccc(Cl)cc1C(=O)Nc1ccccc1)c1ccccc1. The van der Waals surface area contributed by atoms with Gasteiger partial charge in [0.15, 0.2) is 0 Å². The number of halogens is 1. The second kappa shape index (κ2) is 7.64. The third-order valence-corrected chi connectivity index (χ3v) is 3.78. The highest BCUT2D eigenvalue weighted by molar-refractivity contribution is 6.31. The van der Waals surface area contributed by atoms with E-state index in [-0.39, 0.29) is 11.8 Å². The summed E-state index contributed by atoms with van der Waals surface area (Å²) in [5.74, 6) is -0.645. The highest BCUT2D eigenvalue weighted by atomic mass is 35.5. The van der Waals surface area contributed by atoms with Crippen molar-refractivity contribution in [1.82, 2.24) is 0 Å². The second-order valence-corrected chi connectivity index (χ2v) is 5.77. The minimum absolute atomic E-state index is 0.292. The van der Waals surface area contributed by atoms with Crippen molar-refractivity contribution in [1.29, 1.82) is 0 Å². The maximum Gasteiger partial charge on any atom is 0.257 e. The molecule has 3 aromatic rings. The number of amides is 2. The van der Waals surface area contributed by atoms with Crippen molar-refractivity contribution in [3.05, 3.63) is 95.0 Å². The van der Waals surface area contributed by atoms with Crippen LogP contribution in [0.3, 0.4) is 0 Å². The first-order valence-electron chi connectivity index (χ1n) is 7.66. The maximum atomic E-state index is 12.6. The van der Waals surface area contributed by atoms with Crippen LogP contribution < -0.4 is 10.6 Å². The molecule has 0 aliphatic carbocycles. The Hall–Kier alpha value is -3.11. The summed E-state index contributed by atoms with van der Waals surface area (Å²) >= 11 is 6.02. The lowest BCUT2D eigenvalue weighted by atomic mass is 10.1. The van der Waals surface area contributed by atoms with Crippen molar-refractivity contribution in [2.24, 2.45) is 0 Å². The fourth-order valence-electron chi connectivity index (χ4n) is 2.32. The molecule has 0 saturated heterocycles. The van der Waals surface area contributed by atoms with Crippen LogP contribution in [0.4, 0.5) is 11.4 Å². The second-order valence-electron chi connectivity index (χ2n) is 5.33. The van der Waals surface area contributed by atoms with Crippen LogP contribution in [0, 0.1) is 0 Å². The zero-order chi connectivity index (χ0) is 17.6. The average Bonchev–Trinajstić information content (AvgIpc) is 2.64. The van der Waals surface area contributed by atoms with Gasteiger partial charge in [0.05, 0.1) is 11.3 Å². The zero-order valence-corrected chi connectivity index (χ0v) is 14.0. The van der Waals surface area contributed by atoms with Crippen molar-refractivity contribution in [2.75, 3.05) is 10.6 Å². The van der Waals surface area contributed by atoms with Crippen molar-refractivity contribution in [3.8, 4) is 0 Å². The molecule has 3 aromatic carbocycles. The van der Waals surface area contributed by atoms with E-state index in [1.807, 2.05) is 24.3 Å². The molecule has 0 aliphatic heterocycles. The van der Waals surface area contributed by atoms with Gasteiger partial charge in [-0.15, -0.1) is 0 Å². The van der Waals surface area contributed by atoms with Crippen LogP contribution in [0.2, 0.25) is 5.02 Å². The molecule has 0 atom stereocenters. The predicted octanol–water partition coefficient (Wildman–Crippen LogP) is 4.84. The third kappa shape index (κ3) is 4.25. The van der Waals surface area contributed by atoms with Gasteiger partial charge in [-0.3, -0.25) is 9.59 Å². The summed E-state index contributed by atoms with van der Waals surface area (Å²) in [6.07, 6.45) is 0. The quantitative estimate of drug-likeness (QED) is 0.707. The lowest BCUT2D eigenvalue weighted by Gasteiger charge is -2.12. The van der Waals surface area contributed by atoms with E-state index in [1.165, 1.54) is 6.07 Å². The fraction of sp³-hybridized carbons (Fsp3) is 0. The van der Waals surface area contributed by atoms with E-state index in [0.29, 0.717) is 27.5 Å². The molecule has 5 heteroatoms. The van der Waals surface area contributed by atoms with Crippen molar-refractivity contribution in [3.63, 3.8) is 0 Å². The molecule has 0 heterocycles. The van der Waals surface area contributed by atoms with E-state index in [0.717, 1.165) is 0 Å². The van der Waals surface area contributed by atoms with Gasteiger partial charge >= 0.3 is 0 Å². The number of carbonyl (C=O) groups excluding carboxylic acids is 2. The molecular weight excluding hydrogens is 336 g/mol. The van der Waals surface area contributed by atoms with E-state index >= 15 is 0 Å². The molecule has 0 bridgehead atoms. The van der Waals surface area contributed by atoms with Crippen LogP contribution >= 0.6 is 11.6 Å². The molecule has 0 aromatic heterocycles. The zero-order valence-electron chi connectivity index (χ0n) is 13.2. The molecule has 0 radical (unpaired) electrons. The highest BCUT2D eigenvalue weighted by Crippen LogP contribution is 2.23. The molecule has 0 spiro atoms. The highest BCUT2D eigenvalue weighted by Gasteiger charge is 2.15. The Balaban J connectivity index is 1.85. The minimum atomic E-state index is -0.350. The molecule has 0 saturated carbocycles. The molecule has 3 rings (SSSR count). The van der Waals surface area contributed by atoms with Crippen LogP contribution in [0.1, 0.15) is 20.7 Å². The topological polar surface area (TPSA) is 58.2 Å². The first-order chi connectivity index (χ1) is 12.1. The van der Waals surface area contributed by atoms with Gasteiger partial charge < -0.3 is 10.6 Å². The number of benzene rings is 3. The van der Waals surface area contributed by atoms with Gasteiger partial charge in [0.25, 0.3) is 11.8 Å². The fourth-order valence-corrected chi connectivity index (χ4v) is 2.49. The van der Waals surface area contributed by atoms with Gasteiger partial charge in [-0.25, -0.2) is 0 Å². The number of rotatable bonds is 4. The molecule has 2 amide bonds. The molecule has 25 heavy (non-hydrogen) atoms. The molecule has 0 unspecified atom stereocenters. The first-order valence-corrected chi connectivity index (χ1v) is 8.03. The normalized spacial score (nSPS) is 10.1. The number of nitrogens with one attached hydrogen (secondary N) is 2. The monoisotopic (exact) mass is 350 g/mol. The number of hydrogen-bond acceptors (Lipinski definition) is 2. The molecule has 0 aliphatic rings. The van der Waals surface area contributed by atoms with Gasteiger partial charge in [-0.05, 0) is 42.5 Å². The summed E-state index contributed by atoms with van der Waals surface area (Å²) < 4.78 is 0. The van der Waals surface area contributed by atoms with Crippen molar-refractivity contribution < 1.29 is 9.59 Å². The van der Waals surface area contributed by atoms with E-state index < -0.39 is 0 Å². The first kappa shape index (κ1) is 16.7. The number of hydrogen-bond donors (Lipinski definition) is 2.